The first-order valence-corrected chi connectivity index (χ1v) is 11.1. The number of carbonyl (C=O) groups is 1. The summed E-state index contributed by atoms with van der Waals surface area (Å²) in [6.45, 7) is 0. The van der Waals surface area contributed by atoms with E-state index >= 15 is 0 Å². The molecule has 0 saturated heterocycles. The third-order valence-electron chi connectivity index (χ3n) is 4.40. The monoisotopic (exact) mass is 405 g/mol. The van der Waals surface area contributed by atoms with E-state index in [0.29, 0.717) is 16.8 Å². The lowest BCUT2D eigenvalue weighted by Gasteiger charge is -2.08. The smallest absolute Gasteiger partial charge is 0.255 e. The summed E-state index contributed by atoms with van der Waals surface area (Å²) in [5.41, 5.74) is 4.28. The number of fused-ring (bicyclic) bond motifs is 1. The number of anilines is 1. The molecule has 0 radical (unpaired) electrons. The molecular formula is C22H19N3O3S. The normalized spacial score (nSPS) is 11.5. The molecule has 0 aliphatic heterocycles. The second-order valence-electron chi connectivity index (χ2n) is 6.91. The molecule has 0 aliphatic carbocycles. The number of amides is 1. The van der Waals surface area contributed by atoms with Gasteiger partial charge in [-0.3, -0.25) is 4.79 Å². The number of hydrogen-bond donors (Lipinski definition) is 2. The minimum Gasteiger partial charge on any atom is -0.338 e. The first-order chi connectivity index (χ1) is 13.9. The van der Waals surface area contributed by atoms with Crippen LogP contribution in [0.3, 0.4) is 0 Å². The van der Waals surface area contributed by atoms with E-state index in [9.17, 15) is 13.2 Å². The molecule has 0 aliphatic rings. The molecule has 2 N–H and O–H groups in total. The molecule has 7 heteroatoms. The summed E-state index contributed by atoms with van der Waals surface area (Å²) < 4.78 is 23.0. The standard InChI is InChI=1S/C22H19N3O3S/c1-29(27,28)14-15-6-4-8-17(12-15)22(26)23-18-9-5-7-16(13-18)21-24-19-10-2-3-11-20(19)25-21/h2-13H,14H2,1H3,(H,23,26)(H,24,25). The van der Waals surface area contributed by atoms with Crippen LogP contribution >= 0.6 is 0 Å². The van der Waals surface area contributed by atoms with Gasteiger partial charge in [0.1, 0.15) is 5.82 Å². The van der Waals surface area contributed by atoms with Crippen molar-refractivity contribution in [1.82, 2.24) is 9.97 Å². The first-order valence-electron chi connectivity index (χ1n) is 9.01. The third-order valence-corrected chi connectivity index (χ3v) is 5.26. The van der Waals surface area contributed by atoms with E-state index in [2.05, 4.69) is 15.3 Å². The number of imidazole rings is 1. The molecule has 1 heterocycles. The second kappa shape index (κ2) is 7.52. The number of aromatic amines is 1. The van der Waals surface area contributed by atoms with Crippen LogP contribution in [0.25, 0.3) is 22.4 Å². The van der Waals surface area contributed by atoms with Crippen LogP contribution < -0.4 is 5.32 Å². The van der Waals surface area contributed by atoms with Crippen LogP contribution in [0.15, 0.2) is 72.8 Å². The zero-order valence-corrected chi connectivity index (χ0v) is 16.5. The van der Waals surface area contributed by atoms with Crippen LogP contribution in [0, 0.1) is 0 Å². The Morgan fingerprint density at radius 2 is 1.79 bits per heavy atom. The fourth-order valence-electron chi connectivity index (χ4n) is 3.14. The molecule has 1 amide bonds. The lowest BCUT2D eigenvalue weighted by atomic mass is 10.1. The summed E-state index contributed by atoms with van der Waals surface area (Å²) in [7, 11) is -3.17. The van der Waals surface area contributed by atoms with E-state index in [1.807, 2.05) is 42.5 Å². The van der Waals surface area contributed by atoms with E-state index in [1.54, 1.807) is 30.3 Å². The number of hydrogen-bond acceptors (Lipinski definition) is 4. The summed E-state index contributed by atoms with van der Waals surface area (Å²) in [6.07, 6.45) is 1.17. The SMILES string of the molecule is CS(=O)(=O)Cc1cccc(C(=O)Nc2cccc(-c3nc4ccccc4[nH]3)c2)c1. The molecule has 0 atom stereocenters. The molecule has 29 heavy (non-hydrogen) atoms. The summed E-state index contributed by atoms with van der Waals surface area (Å²) in [5.74, 6) is 0.315. The molecule has 0 fully saturated rings. The summed E-state index contributed by atoms with van der Waals surface area (Å²) in [4.78, 5) is 20.5. The van der Waals surface area contributed by atoms with Gasteiger partial charge in [0.15, 0.2) is 9.84 Å². The minimum absolute atomic E-state index is 0.102. The average Bonchev–Trinajstić information content (AvgIpc) is 3.11. The van der Waals surface area contributed by atoms with Crippen LogP contribution in [0.2, 0.25) is 0 Å². The van der Waals surface area contributed by atoms with Gasteiger partial charge in [0, 0.05) is 23.1 Å². The fourth-order valence-corrected chi connectivity index (χ4v) is 3.93. The summed E-state index contributed by atoms with van der Waals surface area (Å²) >= 11 is 0. The molecule has 0 unspecified atom stereocenters. The number of benzene rings is 3. The predicted molar refractivity (Wildman–Crippen MR) is 114 cm³/mol. The Hall–Kier alpha value is -3.45. The van der Waals surface area contributed by atoms with Gasteiger partial charge in [-0.05, 0) is 42.0 Å². The Kier molecular flexibility index (Phi) is 4.90. The van der Waals surface area contributed by atoms with Gasteiger partial charge in [-0.2, -0.15) is 0 Å². The Morgan fingerprint density at radius 1 is 1.00 bits per heavy atom. The highest BCUT2D eigenvalue weighted by molar-refractivity contribution is 7.89. The molecule has 4 aromatic rings. The minimum atomic E-state index is -3.17. The highest BCUT2D eigenvalue weighted by atomic mass is 32.2. The number of aromatic nitrogens is 2. The van der Waals surface area contributed by atoms with Crippen molar-refractivity contribution in [1.29, 1.82) is 0 Å². The summed E-state index contributed by atoms with van der Waals surface area (Å²) in [6, 6.07) is 21.8. The number of para-hydroxylation sites is 2. The van der Waals surface area contributed by atoms with Crippen molar-refractivity contribution in [3.63, 3.8) is 0 Å². The molecule has 146 valence electrons. The maximum absolute atomic E-state index is 12.6. The van der Waals surface area contributed by atoms with Crippen molar-refractivity contribution < 1.29 is 13.2 Å². The Morgan fingerprint density at radius 3 is 2.59 bits per heavy atom. The predicted octanol–water partition coefficient (Wildman–Crippen LogP) is 4.03. The number of sulfone groups is 1. The maximum atomic E-state index is 12.6. The van der Waals surface area contributed by atoms with Crippen LogP contribution in [0.1, 0.15) is 15.9 Å². The Labute approximate surface area is 168 Å². The van der Waals surface area contributed by atoms with Gasteiger partial charge in [-0.25, -0.2) is 13.4 Å². The molecule has 4 rings (SSSR count). The van der Waals surface area contributed by atoms with Crippen LogP contribution in [-0.4, -0.2) is 30.5 Å². The lowest BCUT2D eigenvalue weighted by Crippen LogP contribution is -2.12. The third kappa shape index (κ3) is 4.52. The van der Waals surface area contributed by atoms with E-state index in [1.165, 1.54) is 6.26 Å². The number of nitrogens with zero attached hydrogens (tertiary/aromatic N) is 1. The lowest BCUT2D eigenvalue weighted by molar-refractivity contribution is 0.102. The molecule has 0 bridgehead atoms. The molecule has 0 saturated carbocycles. The fraction of sp³-hybridized carbons (Fsp3) is 0.0909. The maximum Gasteiger partial charge on any atom is 0.255 e. The van der Waals surface area contributed by atoms with Crippen molar-refractivity contribution >= 4 is 32.5 Å². The largest absolute Gasteiger partial charge is 0.338 e. The number of nitrogens with one attached hydrogen (secondary N) is 2. The van der Waals surface area contributed by atoms with Crippen molar-refractivity contribution in [2.75, 3.05) is 11.6 Å². The molecule has 6 nitrogen and oxygen atoms in total. The van der Waals surface area contributed by atoms with Gasteiger partial charge in [-0.15, -0.1) is 0 Å². The zero-order chi connectivity index (χ0) is 20.4. The van der Waals surface area contributed by atoms with E-state index < -0.39 is 9.84 Å². The van der Waals surface area contributed by atoms with Crippen LogP contribution in [-0.2, 0) is 15.6 Å². The molecular weight excluding hydrogens is 386 g/mol. The quantitative estimate of drug-likeness (QED) is 0.524. The van der Waals surface area contributed by atoms with Gasteiger partial charge in [0.25, 0.3) is 5.91 Å². The average molecular weight is 405 g/mol. The van der Waals surface area contributed by atoms with Gasteiger partial charge in [-0.1, -0.05) is 36.4 Å². The summed E-state index contributed by atoms with van der Waals surface area (Å²) in [5, 5.41) is 2.86. The number of rotatable bonds is 5. The van der Waals surface area contributed by atoms with Gasteiger partial charge < -0.3 is 10.3 Å². The zero-order valence-electron chi connectivity index (χ0n) is 15.7. The first kappa shape index (κ1) is 18.9. The highest BCUT2D eigenvalue weighted by Crippen LogP contribution is 2.23. The van der Waals surface area contributed by atoms with Gasteiger partial charge in [0.05, 0.1) is 16.8 Å². The Balaban J connectivity index is 1.56. The number of carbonyl (C=O) groups excluding carboxylic acids is 1. The Bertz CT molecular complexity index is 1280. The van der Waals surface area contributed by atoms with E-state index in [4.69, 9.17) is 0 Å². The second-order valence-corrected chi connectivity index (χ2v) is 9.05. The van der Waals surface area contributed by atoms with Crippen LogP contribution in [0.5, 0.6) is 0 Å². The van der Waals surface area contributed by atoms with Crippen molar-refractivity contribution in [2.24, 2.45) is 0 Å². The van der Waals surface area contributed by atoms with Crippen molar-refractivity contribution in [3.05, 3.63) is 83.9 Å². The van der Waals surface area contributed by atoms with Gasteiger partial charge >= 0.3 is 0 Å². The topological polar surface area (TPSA) is 91.9 Å². The number of H-pyrrole nitrogens is 1. The molecule has 1 aromatic heterocycles. The van der Waals surface area contributed by atoms with Crippen molar-refractivity contribution in [3.8, 4) is 11.4 Å². The van der Waals surface area contributed by atoms with Gasteiger partial charge in [0.2, 0.25) is 0 Å². The van der Waals surface area contributed by atoms with E-state index in [0.717, 1.165) is 22.4 Å². The van der Waals surface area contributed by atoms with Crippen LogP contribution in [0.4, 0.5) is 5.69 Å². The van der Waals surface area contributed by atoms with Crippen molar-refractivity contribution in [2.45, 2.75) is 5.75 Å². The highest BCUT2D eigenvalue weighted by Gasteiger charge is 2.11. The molecule has 3 aromatic carbocycles. The van der Waals surface area contributed by atoms with E-state index in [-0.39, 0.29) is 11.7 Å². The molecule has 0 spiro atoms.